The zero-order valence-electron chi connectivity index (χ0n) is 15.8. The molecule has 0 unspecified atom stereocenters. The summed E-state index contributed by atoms with van der Waals surface area (Å²) in [6.45, 7) is 7.37. The first-order valence-corrected chi connectivity index (χ1v) is 9.29. The van der Waals surface area contributed by atoms with Crippen LogP contribution in [-0.2, 0) is 0 Å². The molecule has 1 N–H and O–H groups in total. The highest BCUT2D eigenvalue weighted by molar-refractivity contribution is 5.94. The second-order valence-corrected chi connectivity index (χ2v) is 7.75. The smallest absolute Gasteiger partial charge is 0.253 e. The van der Waals surface area contributed by atoms with E-state index in [1.54, 1.807) is 0 Å². The molecule has 2 heterocycles. The highest BCUT2D eigenvalue weighted by Gasteiger charge is 2.32. The van der Waals surface area contributed by atoms with Crippen molar-refractivity contribution in [2.45, 2.75) is 39.5 Å². The van der Waals surface area contributed by atoms with Gasteiger partial charge in [0.05, 0.1) is 23.0 Å². The molecule has 0 bridgehead atoms. The molecule has 5 nitrogen and oxygen atoms in total. The fourth-order valence-electron chi connectivity index (χ4n) is 3.17. The maximum Gasteiger partial charge on any atom is 0.253 e. The van der Waals surface area contributed by atoms with Gasteiger partial charge in [-0.1, -0.05) is 18.2 Å². The van der Waals surface area contributed by atoms with Crippen molar-refractivity contribution in [1.29, 1.82) is 10.5 Å². The van der Waals surface area contributed by atoms with Gasteiger partial charge in [0, 0.05) is 18.7 Å². The number of benzene rings is 1. The number of amides is 1. The number of piperidine rings is 2. The molecule has 1 amide bonds. The Morgan fingerprint density at radius 1 is 0.962 bits per heavy atom. The SMILES string of the molecule is CC1(C#N)CCN(C(=O)c2ccccc2)CC1.CC1(C#N)CCNCC1. The minimum absolute atomic E-state index is 0.0365. The Bertz CT molecular complexity index is 672. The molecule has 2 saturated heterocycles. The van der Waals surface area contributed by atoms with Gasteiger partial charge in [0.25, 0.3) is 5.91 Å². The maximum absolute atomic E-state index is 12.1. The first kappa shape index (κ1) is 19.9. The number of hydrogen-bond donors (Lipinski definition) is 1. The molecule has 1 aromatic rings. The zero-order chi connectivity index (χ0) is 19.0. The molecule has 2 fully saturated rings. The topological polar surface area (TPSA) is 79.9 Å². The van der Waals surface area contributed by atoms with Crippen molar-refractivity contribution in [3.05, 3.63) is 35.9 Å². The molecule has 0 aliphatic carbocycles. The van der Waals surface area contributed by atoms with E-state index >= 15 is 0 Å². The van der Waals surface area contributed by atoms with Crippen molar-refractivity contribution < 1.29 is 4.79 Å². The van der Waals surface area contributed by atoms with Crippen LogP contribution in [0.4, 0.5) is 0 Å². The van der Waals surface area contributed by atoms with Crippen LogP contribution < -0.4 is 5.32 Å². The minimum atomic E-state index is -0.256. The summed E-state index contributed by atoms with van der Waals surface area (Å²) in [5.41, 5.74) is 0.437. The Hall–Kier alpha value is -2.37. The van der Waals surface area contributed by atoms with Crippen LogP contribution in [-0.4, -0.2) is 37.0 Å². The van der Waals surface area contributed by atoms with Crippen LogP contribution in [0.1, 0.15) is 49.9 Å². The van der Waals surface area contributed by atoms with E-state index < -0.39 is 0 Å². The lowest BCUT2D eigenvalue weighted by molar-refractivity contribution is 0.0661. The quantitative estimate of drug-likeness (QED) is 0.840. The van der Waals surface area contributed by atoms with Gasteiger partial charge in [-0.05, 0) is 64.8 Å². The van der Waals surface area contributed by atoms with E-state index in [9.17, 15) is 4.79 Å². The first-order chi connectivity index (χ1) is 12.4. The van der Waals surface area contributed by atoms with E-state index in [-0.39, 0.29) is 16.7 Å². The molecule has 26 heavy (non-hydrogen) atoms. The van der Waals surface area contributed by atoms with Gasteiger partial charge in [0.1, 0.15) is 0 Å². The Kier molecular flexibility index (Phi) is 6.77. The average molecular weight is 352 g/mol. The molecule has 2 aliphatic heterocycles. The molecule has 3 rings (SSSR count). The van der Waals surface area contributed by atoms with Gasteiger partial charge >= 0.3 is 0 Å². The van der Waals surface area contributed by atoms with Crippen LogP contribution >= 0.6 is 0 Å². The van der Waals surface area contributed by atoms with Crippen molar-refractivity contribution >= 4 is 5.91 Å². The summed E-state index contributed by atoms with van der Waals surface area (Å²) in [5, 5.41) is 20.9. The van der Waals surface area contributed by atoms with Crippen LogP contribution in [0.3, 0.4) is 0 Å². The van der Waals surface area contributed by atoms with Crippen molar-refractivity contribution in [1.82, 2.24) is 10.2 Å². The Morgan fingerprint density at radius 3 is 1.92 bits per heavy atom. The Balaban J connectivity index is 0.000000228. The summed E-state index contributed by atoms with van der Waals surface area (Å²) < 4.78 is 0. The van der Waals surface area contributed by atoms with Gasteiger partial charge in [0.2, 0.25) is 0 Å². The lowest BCUT2D eigenvalue weighted by atomic mass is 9.82. The summed E-state index contributed by atoms with van der Waals surface area (Å²) in [7, 11) is 0. The van der Waals surface area contributed by atoms with Crippen LogP contribution in [0, 0.1) is 33.5 Å². The number of likely N-dealkylation sites (tertiary alicyclic amines) is 1. The molecule has 1 aromatic carbocycles. The predicted octanol–water partition coefficient (Wildman–Crippen LogP) is 3.35. The highest BCUT2D eigenvalue weighted by atomic mass is 16.2. The number of nitrogens with zero attached hydrogens (tertiary/aromatic N) is 3. The largest absolute Gasteiger partial charge is 0.339 e. The summed E-state index contributed by atoms with van der Waals surface area (Å²) in [6.07, 6.45) is 3.54. The number of hydrogen-bond acceptors (Lipinski definition) is 4. The van der Waals surface area contributed by atoms with Gasteiger partial charge in [-0.3, -0.25) is 4.79 Å². The fraction of sp³-hybridized carbons (Fsp3) is 0.571. The van der Waals surface area contributed by atoms with E-state index in [2.05, 4.69) is 17.5 Å². The number of nitrogens with one attached hydrogen (secondary N) is 1. The van der Waals surface area contributed by atoms with E-state index in [0.717, 1.165) is 44.3 Å². The second kappa shape index (κ2) is 8.83. The maximum atomic E-state index is 12.1. The van der Waals surface area contributed by atoms with Crippen LogP contribution in [0.15, 0.2) is 30.3 Å². The minimum Gasteiger partial charge on any atom is -0.339 e. The number of nitriles is 2. The third kappa shape index (κ3) is 5.31. The number of rotatable bonds is 1. The second-order valence-electron chi connectivity index (χ2n) is 7.75. The molecule has 0 radical (unpaired) electrons. The normalized spacial score (nSPS) is 20.7. The molecule has 2 aliphatic rings. The van der Waals surface area contributed by atoms with E-state index in [1.807, 2.05) is 49.1 Å². The van der Waals surface area contributed by atoms with Crippen LogP contribution in [0.5, 0.6) is 0 Å². The van der Waals surface area contributed by atoms with Crippen LogP contribution in [0.25, 0.3) is 0 Å². The van der Waals surface area contributed by atoms with Gasteiger partial charge in [-0.2, -0.15) is 10.5 Å². The lowest BCUT2D eigenvalue weighted by Crippen LogP contribution is -2.41. The molecule has 138 valence electrons. The number of carbonyl (C=O) groups excluding carboxylic acids is 1. The molecule has 0 atom stereocenters. The van der Waals surface area contributed by atoms with Gasteiger partial charge in [-0.25, -0.2) is 0 Å². The van der Waals surface area contributed by atoms with Gasteiger partial charge in [-0.15, -0.1) is 0 Å². The zero-order valence-corrected chi connectivity index (χ0v) is 15.8. The lowest BCUT2D eigenvalue weighted by Gasteiger charge is -2.34. The molecule has 0 aromatic heterocycles. The molecular weight excluding hydrogens is 324 g/mol. The third-order valence-corrected chi connectivity index (χ3v) is 5.42. The Labute approximate surface area is 156 Å². The van der Waals surface area contributed by atoms with Crippen molar-refractivity contribution in [2.75, 3.05) is 26.2 Å². The Morgan fingerprint density at radius 2 is 1.46 bits per heavy atom. The van der Waals surface area contributed by atoms with Gasteiger partial charge < -0.3 is 10.2 Å². The van der Waals surface area contributed by atoms with E-state index in [0.29, 0.717) is 13.1 Å². The van der Waals surface area contributed by atoms with Gasteiger partial charge in [0.15, 0.2) is 0 Å². The van der Waals surface area contributed by atoms with E-state index in [1.165, 1.54) is 0 Å². The highest BCUT2D eigenvalue weighted by Crippen LogP contribution is 2.30. The summed E-state index contributed by atoms with van der Waals surface area (Å²) >= 11 is 0. The standard InChI is InChI=1S/C14H16N2O.C7H12N2/c1-14(11-15)7-9-16(10-8-14)13(17)12-5-3-2-4-6-12;1-7(6-8)2-4-9-5-3-7/h2-6H,7-10H2,1H3;9H,2-5H2,1H3. The average Bonchev–Trinajstić information content (AvgIpc) is 2.70. The van der Waals surface area contributed by atoms with Crippen molar-refractivity contribution in [3.8, 4) is 12.1 Å². The number of carbonyl (C=O) groups is 1. The first-order valence-electron chi connectivity index (χ1n) is 9.29. The van der Waals surface area contributed by atoms with Crippen molar-refractivity contribution in [3.63, 3.8) is 0 Å². The predicted molar refractivity (Wildman–Crippen MR) is 101 cm³/mol. The molecule has 0 spiro atoms. The molecular formula is C21H28N4O. The summed E-state index contributed by atoms with van der Waals surface area (Å²) in [4.78, 5) is 14.0. The third-order valence-electron chi connectivity index (χ3n) is 5.42. The molecule has 5 heteroatoms. The summed E-state index contributed by atoms with van der Waals surface area (Å²) in [6, 6.07) is 14.0. The summed E-state index contributed by atoms with van der Waals surface area (Å²) in [5.74, 6) is 0.0746. The van der Waals surface area contributed by atoms with E-state index in [4.69, 9.17) is 10.5 Å². The fourth-order valence-corrected chi connectivity index (χ4v) is 3.17. The van der Waals surface area contributed by atoms with Crippen molar-refractivity contribution in [2.24, 2.45) is 10.8 Å². The monoisotopic (exact) mass is 352 g/mol. The molecule has 0 saturated carbocycles. The van der Waals surface area contributed by atoms with Crippen LogP contribution in [0.2, 0.25) is 0 Å².